The maximum Gasteiger partial charge on any atom is 0.154 e. The lowest BCUT2D eigenvalue weighted by Gasteiger charge is -2.08. The number of nitrogen functional groups attached to an aromatic ring is 1. The summed E-state index contributed by atoms with van der Waals surface area (Å²) in [5.41, 5.74) is 8.34. The molecule has 104 valence electrons. The van der Waals surface area contributed by atoms with Gasteiger partial charge in [0, 0.05) is 34.6 Å². The lowest BCUT2D eigenvalue weighted by Crippen LogP contribution is -2.06. The topological polar surface area (TPSA) is 65.1 Å². The molecule has 19 heavy (non-hydrogen) atoms. The van der Waals surface area contributed by atoms with Gasteiger partial charge in [-0.15, -0.1) is 0 Å². The smallest absolute Gasteiger partial charge is 0.154 e. The van der Waals surface area contributed by atoms with E-state index in [9.17, 15) is 8.42 Å². The molecule has 5 heteroatoms. The standard InChI is InChI=1S/C14H20N2O2S/c1-4-19(17,18)9-11-8-16(10(2)3)14-6-5-12(15)7-13(11)14/h5-8,10H,4,9,15H2,1-3H3. The molecule has 0 saturated heterocycles. The Labute approximate surface area is 114 Å². The van der Waals surface area contributed by atoms with Gasteiger partial charge in [-0.05, 0) is 37.6 Å². The van der Waals surface area contributed by atoms with Crippen LogP contribution in [-0.4, -0.2) is 18.7 Å². The van der Waals surface area contributed by atoms with E-state index in [4.69, 9.17) is 5.73 Å². The largest absolute Gasteiger partial charge is 0.399 e. The van der Waals surface area contributed by atoms with Crippen molar-refractivity contribution in [2.45, 2.75) is 32.6 Å². The number of sulfone groups is 1. The fourth-order valence-corrected chi connectivity index (χ4v) is 3.13. The van der Waals surface area contributed by atoms with Gasteiger partial charge in [-0.2, -0.15) is 0 Å². The van der Waals surface area contributed by atoms with Crippen LogP contribution in [0.3, 0.4) is 0 Å². The summed E-state index contributed by atoms with van der Waals surface area (Å²) in [6, 6.07) is 5.94. The molecule has 0 spiro atoms. The predicted octanol–water partition coefficient (Wildman–Crippen LogP) is 2.74. The lowest BCUT2D eigenvalue weighted by molar-refractivity contribution is 0.595. The second-order valence-corrected chi connectivity index (χ2v) is 7.46. The molecule has 0 amide bonds. The number of nitrogens with zero attached hydrogens (tertiary/aromatic N) is 1. The molecule has 0 aliphatic heterocycles. The fraction of sp³-hybridized carbons (Fsp3) is 0.429. The zero-order valence-electron chi connectivity index (χ0n) is 11.6. The molecule has 2 N–H and O–H groups in total. The SMILES string of the molecule is CCS(=O)(=O)Cc1cn(C(C)C)c2ccc(N)cc12. The Kier molecular flexibility index (Phi) is 3.58. The summed E-state index contributed by atoms with van der Waals surface area (Å²) in [6.07, 6.45) is 1.93. The molecule has 0 radical (unpaired) electrons. The molecule has 0 saturated carbocycles. The summed E-state index contributed by atoms with van der Waals surface area (Å²) in [4.78, 5) is 0. The number of nitrogens with two attached hydrogens (primary N) is 1. The van der Waals surface area contributed by atoms with Crippen molar-refractivity contribution in [2.24, 2.45) is 0 Å². The van der Waals surface area contributed by atoms with Gasteiger partial charge in [0.25, 0.3) is 0 Å². The van der Waals surface area contributed by atoms with E-state index in [1.807, 2.05) is 24.4 Å². The van der Waals surface area contributed by atoms with Crippen molar-refractivity contribution >= 4 is 26.4 Å². The van der Waals surface area contributed by atoms with Gasteiger partial charge < -0.3 is 10.3 Å². The number of benzene rings is 1. The third-order valence-corrected chi connectivity index (χ3v) is 4.94. The number of fused-ring (bicyclic) bond motifs is 1. The third-order valence-electron chi connectivity index (χ3n) is 3.31. The maximum absolute atomic E-state index is 11.8. The van der Waals surface area contributed by atoms with Gasteiger partial charge in [-0.3, -0.25) is 0 Å². The minimum Gasteiger partial charge on any atom is -0.399 e. The van der Waals surface area contributed by atoms with E-state index in [1.165, 1.54) is 0 Å². The zero-order chi connectivity index (χ0) is 14.2. The van der Waals surface area contributed by atoms with E-state index >= 15 is 0 Å². The summed E-state index contributed by atoms with van der Waals surface area (Å²) in [5.74, 6) is 0.229. The summed E-state index contributed by atoms with van der Waals surface area (Å²) in [5, 5.41) is 0.936. The van der Waals surface area contributed by atoms with Crippen LogP contribution in [0.25, 0.3) is 10.9 Å². The van der Waals surface area contributed by atoms with E-state index in [-0.39, 0.29) is 17.5 Å². The molecular weight excluding hydrogens is 260 g/mol. The fourth-order valence-electron chi connectivity index (χ4n) is 2.22. The molecule has 1 heterocycles. The maximum atomic E-state index is 11.8. The van der Waals surface area contributed by atoms with Crippen LogP contribution in [0.5, 0.6) is 0 Å². The molecule has 0 unspecified atom stereocenters. The number of anilines is 1. The van der Waals surface area contributed by atoms with Gasteiger partial charge in [-0.25, -0.2) is 8.42 Å². The summed E-state index contributed by atoms with van der Waals surface area (Å²) >= 11 is 0. The second kappa shape index (κ2) is 4.89. The van der Waals surface area contributed by atoms with Crippen LogP contribution >= 0.6 is 0 Å². The van der Waals surface area contributed by atoms with Gasteiger partial charge in [0.05, 0.1) is 5.75 Å². The van der Waals surface area contributed by atoms with Crippen molar-refractivity contribution in [2.75, 3.05) is 11.5 Å². The average Bonchev–Trinajstić information content (AvgIpc) is 2.67. The van der Waals surface area contributed by atoms with Crippen LogP contribution in [0.1, 0.15) is 32.4 Å². The predicted molar refractivity (Wildman–Crippen MR) is 79.9 cm³/mol. The summed E-state index contributed by atoms with van der Waals surface area (Å²) in [6.45, 7) is 5.83. The highest BCUT2D eigenvalue weighted by atomic mass is 32.2. The first-order chi connectivity index (χ1) is 8.84. The average molecular weight is 280 g/mol. The van der Waals surface area contributed by atoms with Crippen molar-refractivity contribution in [3.8, 4) is 0 Å². The molecule has 0 fully saturated rings. The molecule has 0 atom stereocenters. The number of rotatable bonds is 4. The third kappa shape index (κ3) is 2.76. The molecule has 1 aromatic heterocycles. The van der Waals surface area contributed by atoms with Gasteiger partial charge in [-0.1, -0.05) is 6.92 Å². The Morgan fingerprint density at radius 3 is 2.58 bits per heavy atom. The first-order valence-corrected chi connectivity index (χ1v) is 8.25. The van der Waals surface area contributed by atoms with E-state index in [0.29, 0.717) is 5.69 Å². The first-order valence-electron chi connectivity index (χ1n) is 6.43. The molecule has 0 aliphatic rings. The lowest BCUT2D eigenvalue weighted by atomic mass is 10.2. The van der Waals surface area contributed by atoms with Crippen LogP contribution in [0.4, 0.5) is 5.69 Å². The molecule has 2 rings (SSSR count). The Hall–Kier alpha value is -1.49. The van der Waals surface area contributed by atoms with Crippen LogP contribution in [0.15, 0.2) is 24.4 Å². The Bertz CT molecular complexity index is 700. The first kappa shape index (κ1) is 13.9. The number of hydrogen-bond acceptors (Lipinski definition) is 3. The van der Waals surface area contributed by atoms with Crippen LogP contribution in [0, 0.1) is 0 Å². The quantitative estimate of drug-likeness (QED) is 0.876. The van der Waals surface area contributed by atoms with Crippen LogP contribution in [-0.2, 0) is 15.6 Å². The number of aromatic nitrogens is 1. The highest BCUT2D eigenvalue weighted by molar-refractivity contribution is 7.90. The molecule has 1 aromatic carbocycles. The van der Waals surface area contributed by atoms with Gasteiger partial charge in [0.15, 0.2) is 9.84 Å². The van der Waals surface area contributed by atoms with Crippen molar-refractivity contribution in [3.05, 3.63) is 30.0 Å². The monoisotopic (exact) mass is 280 g/mol. The van der Waals surface area contributed by atoms with Crippen molar-refractivity contribution < 1.29 is 8.42 Å². The Balaban J connectivity index is 2.64. The van der Waals surface area contributed by atoms with E-state index in [2.05, 4.69) is 18.4 Å². The second-order valence-electron chi connectivity index (χ2n) is 5.11. The zero-order valence-corrected chi connectivity index (χ0v) is 12.4. The summed E-state index contributed by atoms with van der Waals surface area (Å²) in [7, 11) is -3.04. The summed E-state index contributed by atoms with van der Waals surface area (Å²) < 4.78 is 25.8. The number of hydrogen-bond donors (Lipinski definition) is 1. The normalized spacial score (nSPS) is 12.4. The van der Waals surface area contributed by atoms with Crippen molar-refractivity contribution in [1.82, 2.24) is 4.57 Å². The van der Waals surface area contributed by atoms with E-state index < -0.39 is 9.84 Å². The minimum absolute atomic E-state index is 0.0726. The minimum atomic E-state index is -3.04. The highest BCUT2D eigenvalue weighted by Gasteiger charge is 2.16. The van der Waals surface area contributed by atoms with Gasteiger partial charge in [0.2, 0.25) is 0 Å². The molecular formula is C14H20N2O2S. The molecule has 4 nitrogen and oxygen atoms in total. The van der Waals surface area contributed by atoms with Gasteiger partial charge >= 0.3 is 0 Å². The Morgan fingerprint density at radius 2 is 2.00 bits per heavy atom. The van der Waals surface area contributed by atoms with Crippen molar-refractivity contribution in [1.29, 1.82) is 0 Å². The Morgan fingerprint density at radius 1 is 1.32 bits per heavy atom. The van der Waals surface area contributed by atoms with Crippen LogP contribution < -0.4 is 5.73 Å². The molecule has 2 aromatic rings. The van der Waals surface area contributed by atoms with Crippen LogP contribution in [0.2, 0.25) is 0 Å². The molecule has 0 bridgehead atoms. The molecule has 0 aliphatic carbocycles. The van der Waals surface area contributed by atoms with E-state index in [0.717, 1.165) is 16.5 Å². The van der Waals surface area contributed by atoms with Crippen molar-refractivity contribution in [3.63, 3.8) is 0 Å². The highest BCUT2D eigenvalue weighted by Crippen LogP contribution is 2.28. The van der Waals surface area contributed by atoms with Gasteiger partial charge in [0.1, 0.15) is 0 Å². The van der Waals surface area contributed by atoms with E-state index in [1.54, 1.807) is 6.92 Å².